The van der Waals surface area contributed by atoms with E-state index in [0.29, 0.717) is 50.7 Å². The van der Waals surface area contributed by atoms with Gasteiger partial charge < -0.3 is 24.2 Å². The number of carbonyl (C=O) groups is 1. The molecule has 1 heterocycles. The number of aliphatic hydroxyl groups excluding tert-OH is 1. The second-order valence-corrected chi connectivity index (χ2v) is 7.65. The Morgan fingerprint density at radius 2 is 1.94 bits per heavy atom. The van der Waals surface area contributed by atoms with E-state index in [0.717, 1.165) is 12.1 Å². The van der Waals surface area contributed by atoms with Crippen LogP contribution < -0.4 is 4.74 Å². The van der Waals surface area contributed by atoms with Crippen LogP contribution in [0, 0.1) is 0 Å². The maximum Gasteiger partial charge on any atom is 0.254 e. The van der Waals surface area contributed by atoms with Crippen LogP contribution in [0.1, 0.15) is 22.0 Å². The molecule has 0 spiro atoms. The Bertz CT molecular complexity index is 799. The first-order valence-electron chi connectivity index (χ1n) is 10.6. The number of hydrogen-bond donors (Lipinski definition) is 1. The molecule has 1 amide bonds. The minimum Gasteiger partial charge on any atom is -0.497 e. The van der Waals surface area contributed by atoms with E-state index in [9.17, 15) is 9.90 Å². The van der Waals surface area contributed by atoms with Crippen LogP contribution in [0.4, 0.5) is 0 Å². The molecule has 7 nitrogen and oxygen atoms in total. The molecule has 0 bridgehead atoms. The average molecular weight is 429 g/mol. The molecule has 1 N–H and O–H groups in total. The fourth-order valence-electron chi connectivity index (χ4n) is 3.72. The first-order chi connectivity index (χ1) is 15.1. The van der Waals surface area contributed by atoms with Gasteiger partial charge in [-0.3, -0.25) is 9.69 Å². The SMILES string of the molecule is COCCN(CC1CN(CC(O)c2ccccc2)CCO1)C(=O)c1ccc(OC)cc1. The average Bonchev–Trinajstić information content (AvgIpc) is 2.82. The summed E-state index contributed by atoms with van der Waals surface area (Å²) in [5.41, 5.74) is 1.51. The number of amides is 1. The Balaban J connectivity index is 1.61. The van der Waals surface area contributed by atoms with Crippen molar-refractivity contribution in [1.82, 2.24) is 9.80 Å². The Kier molecular flexibility index (Phi) is 8.85. The quantitative estimate of drug-likeness (QED) is 0.626. The molecule has 0 saturated carbocycles. The van der Waals surface area contributed by atoms with Gasteiger partial charge in [0.25, 0.3) is 5.91 Å². The van der Waals surface area contributed by atoms with Crippen molar-refractivity contribution >= 4 is 5.91 Å². The predicted octanol–water partition coefficient (Wildman–Crippen LogP) is 2.22. The van der Waals surface area contributed by atoms with Gasteiger partial charge in [-0.05, 0) is 29.8 Å². The van der Waals surface area contributed by atoms with Crippen molar-refractivity contribution in [2.24, 2.45) is 0 Å². The van der Waals surface area contributed by atoms with E-state index in [4.69, 9.17) is 14.2 Å². The zero-order valence-electron chi connectivity index (χ0n) is 18.3. The number of carbonyl (C=O) groups excluding carboxylic acids is 1. The zero-order valence-corrected chi connectivity index (χ0v) is 18.3. The Labute approximate surface area is 184 Å². The van der Waals surface area contributed by atoms with Crippen LogP contribution in [0.5, 0.6) is 5.75 Å². The highest BCUT2D eigenvalue weighted by molar-refractivity contribution is 5.94. The second-order valence-electron chi connectivity index (χ2n) is 7.65. The molecule has 1 saturated heterocycles. The van der Waals surface area contributed by atoms with Crippen LogP contribution in [-0.2, 0) is 9.47 Å². The molecular weight excluding hydrogens is 396 g/mol. The maximum absolute atomic E-state index is 13.1. The lowest BCUT2D eigenvalue weighted by atomic mass is 10.1. The normalized spacial score (nSPS) is 17.8. The molecule has 1 aliphatic rings. The molecular formula is C24H32N2O5. The van der Waals surface area contributed by atoms with Crippen LogP contribution in [0.3, 0.4) is 0 Å². The fourth-order valence-corrected chi connectivity index (χ4v) is 3.72. The van der Waals surface area contributed by atoms with Gasteiger partial charge in [0.2, 0.25) is 0 Å². The summed E-state index contributed by atoms with van der Waals surface area (Å²) in [6, 6.07) is 16.8. The van der Waals surface area contributed by atoms with Gasteiger partial charge in [0.05, 0.1) is 32.5 Å². The summed E-state index contributed by atoms with van der Waals surface area (Å²) in [5, 5.41) is 10.6. The molecule has 0 radical (unpaired) electrons. The van der Waals surface area contributed by atoms with Gasteiger partial charge in [0.15, 0.2) is 0 Å². The number of morpholine rings is 1. The standard InChI is InChI=1S/C24H32N2O5/c1-29-14-13-26(24(28)20-8-10-21(30-2)11-9-20)17-22-16-25(12-15-31-22)18-23(27)19-6-4-3-5-7-19/h3-11,22-23,27H,12-18H2,1-2H3. The third kappa shape index (κ3) is 6.77. The largest absolute Gasteiger partial charge is 0.497 e. The van der Waals surface area contributed by atoms with Gasteiger partial charge in [-0.15, -0.1) is 0 Å². The van der Waals surface area contributed by atoms with Crippen LogP contribution >= 0.6 is 0 Å². The number of ether oxygens (including phenoxy) is 3. The number of methoxy groups -OCH3 is 2. The predicted molar refractivity (Wildman–Crippen MR) is 118 cm³/mol. The van der Waals surface area contributed by atoms with E-state index in [2.05, 4.69) is 4.90 Å². The lowest BCUT2D eigenvalue weighted by molar-refractivity contribution is -0.0519. The van der Waals surface area contributed by atoms with Gasteiger partial charge >= 0.3 is 0 Å². The Morgan fingerprint density at radius 3 is 2.61 bits per heavy atom. The van der Waals surface area contributed by atoms with E-state index in [1.54, 1.807) is 43.4 Å². The zero-order chi connectivity index (χ0) is 22.1. The lowest BCUT2D eigenvalue weighted by Crippen LogP contribution is -2.50. The third-order valence-corrected chi connectivity index (χ3v) is 5.45. The van der Waals surface area contributed by atoms with Crippen molar-refractivity contribution in [3.05, 3.63) is 65.7 Å². The number of benzene rings is 2. The molecule has 2 atom stereocenters. The summed E-state index contributed by atoms with van der Waals surface area (Å²) >= 11 is 0. The fraction of sp³-hybridized carbons (Fsp3) is 0.458. The van der Waals surface area contributed by atoms with Crippen LogP contribution in [0.2, 0.25) is 0 Å². The second kappa shape index (κ2) is 11.8. The van der Waals surface area contributed by atoms with E-state index in [1.807, 2.05) is 30.3 Å². The Morgan fingerprint density at radius 1 is 1.19 bits per heavy atom. The van der Waals surface area contributed by atoms with Gasteiger partial charge in [-0.25, -0.2) is 0 Å². The summed E-state index contributed by atoms with van der Waals surface area (Å²) in [6.07, 6.45) is -0.679. The minimum atomic E-state index is -0.550. The summed E-state index contributed by atoms with van der Waals surface area (Å²) in [6.45, 7) is 3.91. The maximum atomic E-state index is 13.1. The topological polar surface area (TPSA) is 71.5 Å². The summed E-state index contributed by atoms with van der Waals surface area (Å²) < 4.78 is 16.3. The van der Waals surface area contributed by atoms with E-state index >= 15 is 0 Å². The molecule has 1 fully saturated rings. The van der Waals surface area contributed by atoms with Crippen molar-refractivity contribution in [2.75, 3.05) is 60.2 Å². The van der Waals surface area contributed by atoms with Gasteiger partial charge in [0.1, 0.15) is 5.75 Å². The highest BCUT2D eigenvalue weighted by Crippen LogP contribution is 2.18. The van der Waals surface area contributed by atoms with Crippen molar-refractivity contribution in [3.8, 4) is 5.75 Å². The minimum absolute atomic E-state index is 0.0650. The number of β-amino-alcohol motifs (C(OH)–C–C–N with tert-alkyl or cyclic N) is 1. The van der Waals surface area contributed by atoms with Crippen molar-refractivity contribution in [2.45, 2.75) is 12.2 Å². The monoisotopic (exact) mass is 428 g/mol. The Hall–Kier alpha value is -2.45. The number of rotatable bonds is 10. The van der Waals surface area contributed by atoms with Crippen molar-refractivity contribution in [1.29, 1.82) is 0 Å². The van der Waals surface area contributed by atoms with Crippen LogP contribution in [-0.4, -0.2) is 87.1 Å². The number of hydrogen-bond acceptors (Lipinski definition) is 6. The molecule has 1 aliphatic heterocycles. The molecule has 2 aromatic carbocycles. The summed E-state index contributed by atoms with van der Waals surface area (Å²) in [4.78, 5) is 17.1. The molecule has 0 aromatic heterocycles. The lowest BCUT2D eigenvalue weighted by Gasteiger charge is -2.36. The highest BCUT2D eigenvalue weighted by Gasteiger charge is 2.27. The highest BCUT2D eigenvalue weighted by atomic mass is 16.5. The van der Waals surface area contributed by atoms with Gasteiger partial charge in [0, 0.05) is 45.4 Å². The molecule has 3 rings (SSSR count). The number of nitrogens with zero attached hydrogens (tertiary/aromatic N) is 2. The van der Waals surface area contributed by atoms with Crippen molar-refractivity contribution in [3.63, 3.8) is 0 Å². The van der Waals surface area contributed by atoms with Gasteiger partial charge in [-0.1, -0.05) is 30.3 Å². The van der Waals surface area contributed by atoms with E-state index in [-0.39, 0.29) is 12.0 Å². The van der Waals surface area contributed by atoms with E-state index < -0.39 is 6.10 Å². The molecule has 2 unspecified atom stereocenters. The summed E-state index contributed by atoms with van der Waals surface area (Å²) in [5.74, 6) is 0.646. The molecule has 7 heteroatoms. The van der Waals surface area contributed by atoms with Gasteiger partial charge in [-0.2, -0.15) is 0 Å². The molecule has 168 valence electrons. The molecule has 0 aliphatic carbocycles. The van der Waals surface area contributed by atoms with Crippen LogP contribution in [0.15, 0.2) is 54.6 Å². The third-order valence-electron chi connectivity index (χ3n) is 5.45. The van der Waals surface area contributed by atoms with E-state index in [1.165, 1.54) is 0 Å². The first kappa shape index (κ1) is 23.2. The smallest absolute Gasteiger partial charge is 0.254 e. The number of aliphatic hydroxyl groups is 1. The summed E-state index contributed by atoms with van der Waals surface area (Å²) in [7, 11) is 3.22. The first-order valence-corrected chi connectivity index (χ1v) is 10.6. The van der Waals surface area contributed by atoms with Crippen LogP contribution in [0.25, 0.3) is 0 Å². The van der Waals surface area contributed by atoms with Crippen molar-refractivity contribution < 1.29 is 24.1 Å². The molecule has 31 heavy (non-hydrogen) atoms. The molecule has 2 aromatic rings.